The summed E-state index contributed by atoms with van der Waals surface area (Å²) >= 11 is 0. The van der Waals surface area contributed by atoms with Gasteiger partial charge in [0.05, 0.1) is 25.5 Å². The quantitative estimate of drug-likeness (QED) is 0.766. The Morgan fingerprint density at radius 1 is 1.24 bits per heavy atom. The molecule has 0 radical (unpaired) electrons. The van der Waals surface area contributed by atoms with Crippen molar-refractivity contribution in [2.75, 3.05) is 13.7 Å². The van der Waals surface area contributed by atoms with Crippen LogP contribution in [0.15, 0.2) is 36.7 Å². The Labute approximate surface area is 122 Å². The van der Waals surface area contributed by atoms with Gasteiger partial charge in [0.1, 0.15) is 17.3 Å². The van der Waals surface area contributed by atoms with Crippen molar-refractivity contribution in [3.8, 4) is 11.5 Å². The van der Waals surface area contributed by atoms with E-state index < -0.39 is 11.6 Å². The molecule has 1 heterocycles. The van der Waals surface area contributed by atoms with E-state index in [1.165, 1.54) is 31.6 Å². The summed E-state index contributed by atoms with van der Waals surface area (Å²) in [6, 6.07) is 5.68. The number of nitrogens with zero attached hydrogens (tertiary/aromatic N) is 1. The van der Waals surface area contributed by atoms with Gasteiger partial charge in [0.2, 0.25) is 0 Å². The molecule has 0 saturated heterocycles. The van der Waals surface area contributed by atoms with E-state index in [0.717, 1.165) is 6.42 Å². The largest absolute Gasteiger partial charge is 0.497 e. The highest BCUT2D eigenvalue weighted by Gasteiger charge is 2.15. The number of halogens is 1. The number of methoxy groups -OCH3 is 1. The molecule has 0 N–H and O–H groups in total. The molecule has 0 unspecified atom stereocenters. The maximum Gasteiger partial charge on any atom is 0.197 e. The molecule has 2 aromatic rings. The molecular weight excluding hydrogens is 273 g/mol. The third kappa shape index (κ3) is 3.56. The van der Waals surface area contributed by atoms with Gasteiger partial charge in [-0.05, 0) is 24.6 Å². The normalized spacial score (nSPS) is 10.2. The number of ether oxygens (including phenoxy) is 2. The smallest absolute Gasteiger partial charge is 0.197 e. The highest BCUT2D eigenvalue weighted by molar-refractivity contribution is 6.09. The standard InChI is InChI=1S/C16H16FNO3/c1-3-6-21-13-7-11(9-18-10-13)16(19)14-5-4-12(20-2)8-15(14)17/h4-5,7-10H,3,6H2,1-2H3. The molecule has 4 nitrogen and oxygen atoms in total. The first-order valence-corrected chi connectivity index (χ1v) is 6.61. The lowest BCUT2D eigenvalue weighted by atomic mass is 10.0. The van der Waals surface area contributed by atoms with E-state index in [1.54, 1.807) is 12.1 Å². The third-order valence-electron chi connectivity index (χ3n) is 2.87. The summed E-state index contributed by atoms with van der Waals surface area (Å²) < 4.78 is 24.3. The van der Waals surface area contributed by atoms with Gasteiger partial charge in [-0.3, -0.25) is 9.78 Å². The average Bonchev–Trinajstić information content (AvgIpc) is 2.52. The summed E-state index contributed by atoms with van der Waals surface area (Å²) in [6.45, 7) is 2.52. The fourth-order valence-electron chi connectivity index (χ4n) is 1.80. The molecule has 1 aromatic carbocycles. The highest BCUT2D eigenvalue weighted by Crippen LogP contribution is 2.20. The molecule has 1 aromatic heterocycles. The summed E-state index contributed by atoms with van der Waals surface area (Å²) in [6.07, 6.45) is 3.77. The predicted octanol–water partition coefficient (Wildman–Crippen LogP) is 3.25. The molecule has 110 valence electrons. The monoisotopic (exact) mass is 289 g/mol. The van der Waals surface area contributed by atoms with Gasteiger partial charge in [-0.15, -0.1) is 0 Å². The Hall–Kier alpha value is -2.43. The number of pyridine rings is 1. The SMILES string of the molecule is CCCOc1cncc(C(=O)c2ccc(OC)cc2F)c1. The lowest BCUT2D eigenvalue weighted by Gasteiger charge is -2.07. The van der Waals surface area contributed by atoms with Crippen LogP contribution in [0.1, 0.15) is 29.3 Å². The van der Waals surface area contributed by atoms with Crippen molar-refractivity contribution in [3.63, 3.8) is 0 Å². The number of ketones is 1. The minimum atomic E-state index is -0.626. The summed E-state index contributed by atoms with van der Waals surface area (Å²) in [5, 5.41) is 0. The van der Waals surface area contributed by atoms with E-state index in [0.29, 0.717) is 18.1 Å². The maximum absolute atomic E-state index is 13.9. The number of hydrogen-bond donors (Lipinski definition) is 0. The first kappa shape index (κ1) is 15.0. The minimum Gasteiger partial charge on any atom is -0.497 e. The van der Waals surface area contributed by atoms with Crippen LogP contribution in [0, 0.1) is 5.82 Å². The van der Waals surface area contributed by atoms with Gasteiger partial charge in [-0.2, -0.15) is 0 Å². The van der Waals surface area contributed by atoms with Crippen LogP contribution in [0.4, 0.5) is 4.39 Å². The van der Waals surface area contributed by atoms with Crippen LogP contribution < -0.4 is 9.47 Å². The van der Waals surface area contributed by atoms with Gasteiger partial charge in [0.25, 0.3) is 0 Å². The van der Waals surface area contributed by atoms with Gasteiger partial charge >= 0.3 is 0 Å². The average molecular weight is 289 g/mol. The van der Waals surface area contributed by atoms with Gasteiger partial charge < -0.3 is 9.47 Å². The topological polar surface area (TPSA) is 48.4 Å². The zero-order valence-electron chi connectivity index (χ0n) is 11.9. The number of rotatable bonds is 6. The van der Waals surface area contributed by atoms with Crippen molar-refractivity contribution >= 4 is 5.78 Å². The van der Waals surface area contributed by atoms with E-state index >= 15 is 0 Å². The first-order chi connectivity index (χ1) is 10.2. The van der Waals surface area contributed by atoms with Crippen molar-refractivity contribution in [1.29, 1.82) is 0 Å². The van der Waals surface area contributed by atoms with Gasteiger partial charge in [-0.1, -0.05) is 6.92 Å². The lowest BCUT2D eigenvalue weighted by Crippen LogP contribution is -2.06. The molecule has 0 atom stereocenters. The van der Waals surface area contributed by atoms with Crippen LogP contribution in [0.2, 0.25) is 0 Å². The number of benzene rings is 1. The maximum atomic E-state index is 13.9. The number of carbonyl (C=O) groups excluding carboxylic acids is 1. The molecule has 0 fully saturated rings. The zero-order chi connectivity index (χ0) is 15.2. The third-order valence-corrected chi connectivity index (χ3v) is 2.87. The molecule has 0 aliphatic rings. The van der Waals surface area contributed by atoms with E-state index in [4.69, 9.17) is 9.47 Å². The van der Waals surface area contributed by atoms with Crippen LogP contribution in [-0.2, 0) is 0 Å². The fraction of sp³-hybridized carbons (Fsp3) is 0.250. The van der Waals surface area contributed by atoms with E-state index in [9.17, 15) is 9.18 Å². The lowest BCUT2D eigenvalue weighted by molar-refractivity contribution is 0.103. The molecular formula is C16H16FNO3. The van der Waals surface area contributed by atoms with Crippen molar-refractivity contribution in [3.05, 3.63) is 53.6 Å². The first-order valence-electron chi connectivity index (χ1n) is 6.61. The number of hydrogen-bond acceptors (Lipinski definition) is 4. The summed E-state index contributed by atoms with van der Waals surface area (Å²) in [5.74, 6) is -0.206. The van der Waals surface area contributed by atoms with Gasteiger partial charge in [-0.25, -0.2) is 4.39 Å². The number of carbonyl (C=O) groups is 1. The van der Waals surface area contributed by atoms with Crippen LogP contribution in [0.3, 0.4) is 0 Å². The number of aromatic nitrogens is 1. The van der Waals surface area contributed by atoms with Gasteiger partial charge in [0, 0.05) is 17.8 Å². The Morgan fingerprint density at radius 2 is 2.05 bits per heavy atom. The zero-order valence-corrected chi connectivity index (χ0v) is 11.9. The molecule has 0 spiro atoms. The van der Waals surface area contributed by atoms with E-state index in [-0.39, 0.29) is 11.1 Å². The Kier molecular flexibility index (Phi) is 4.87. The summed E-state index contributed by atoms with van der Waals surface area (Å²) in [4.78, 5) is 16.3. The summed E-state index contributed by atoms with van der Waals surface area (Å²) in [5.41, 5.74) is 0.262. The molecule has 5 heteroatoms. The van der Waals surface area contributed by atoms with Crippen molar-refractivity contribution in [2.45, 2.75) is 13.3 Å². The Bertz CT molecular complexity index is 643. The van der Waals surface area contributed by atoms with Crippen LogP contribution >= 0.6 is 0 Å². The van der Waals surface area contributed by atoms with Gasteiger partial charge in [0.15, 0.2) is 5.78 Å². The van der Waals surface area contributed by atoms with Crippen LogP contribution in [-0.4, -0.2) is 24.5 Å². The molecule has 2 rings (SSSR count). The van der Waals surface area contributed by atoms with Crippen molar-refractivity contribution in [2.24, 2.45) is 0 Å². The Morgan fingerprint density at radius 3 is 2.71 bits per heavy atom. The molecule has 0 aliphatic carbocycles. The summed E-state index contributed by atoms with van der Waals surface area (Å²) in [7, 11) is 1.44. The van der Waals surface area contributed by atoms with E-state index in [1.807, 2.05) is 6.92 Å². The highest BCUT2D eigenvalue weighted by atomic mass is 19.1. The molecule has 0 saturated carbocycles. The Balaban J connectivity index is 2.27. The van der Waals surface area contributed by atoms with E-state index in [2.05, 4.69) is 4.98 Å². The van der Waals surface area contributed by atoms with Crippen LogP contribution in [0.25, 0.3) is 0 Å². The molecule has 0 bridgehead atoms. The molecule has 0 amide bonds. The minimum absolute atomic E-state index is 0.0229. The second-order valence-electron chi connectivity index (χ2n) is 4.43. The second-order valence-corrected chi connectivity index (χ2v) is 4.43. The fourth-order valence-corrected chi connectivity index (χ4v) is 1.80. The van der Waals surface area contributed by atoms with Crippen molar-refractivity contribution < 1.29 is 18.7 Å². The predicted molar refractivity (Wildman–Crippen MR) is 76.4 cm³/mol. The molecule has 0 aliphatic heterocycles. The molecule has 21 heavy (non-hydrogen) atoms. The second kappa shape index (κ2) is 6.83. The van der Waals surface area contributed by atoms with Crippen molar-refractivity contribution in [1.82, 2.24) is 4.98 Å². The van der Waals surface area contributed by atoms with Crippen LogP contribution in [0.5, 0.6) is 11.5 Å².